The van der Waals surface area contributed by atoms with Gasteiger partial charge in [-0.25, -0.2) is 0 Å². The second kappa shape index (κ2) is 5.86. The predicted molar refractivity (Wildman–Crippen MR) is 78.0 cm³/mol. The summed E-state index contributed by atoms with van der Waals surface area (Å²) in [5, 5.41) is 0. The summed E-state index contributed by atoms with van der Waals surface area (Å²) >= 11 is 0. The van der Waals surface area contributed by atoms with E-state index in [2.05, 4.69) is 4.90 Å². The molecular weight excluding hydrogens is 268 g/mol. The third-order valence-corrected chi connectivity index (χ3v) is 5.45. The van der Waals surface area contributed by atoms with Gasteiger partial charge in [0.15, 0.2) is 0 Å². The van der Waals surface area contributed by atoms with E-state index in [-0.39, 0.29) is 18.1 Å². The zero-order valence-electron chi connectivity index (χ0n) is 12.7. The zero-order chi connectivity index (χ0) is 14.2. The number of hydrogen-bond acceptors (Lipinski definition) is 4. The number of carbonyl (C=O) groups excluding carboxylic acids is 1. The monoisotopic (exact) mass is 294 g/mol. The molecule has 21 heavy (non-hydrogen) atoms. The van der Waals surface area contributed by atoms with Gasteiger partial charge >= 0.3 is 0 Å². The summed E-state index contributed by atoms with van der Waals surface area (Å²) in [7, 11) is 0. The molecule has 3 aliphatic heterocycles. The number of rotatable bonds is 3. The molecule has 0 bridgehead atoms. The summed E-state index contributed by atoms with van der Waals surface area (Å²) in [5.41, 5.74) is 0. The fourth-order valence-electron chi connectivity index (χ4n) is 4.04. The van der Waals surface area contributed by atoms with Gasteiger partial charge in [-0.3, -0.25) is 9.69 Å². The quantitative estimate of drug-likeness (QED) is 0.775. The van der Waals surface area contributed by atoms with Crippen LogP contribution in [0.3, 0.4) is 0 Å². The second-order valence-electron chi connectivity index (χ2n) is 6.97. The molecule has 1 aliphatic carbocycles. The zero-order valence-corrected chi connectivity index (χ0v) is 12.7. The predicted octanol–water partition coefficient (Wildman–Crippen LogP) is 0.877. The molecule has 0 aromatic rings. The van der Waals surface area contributed by atoms with E-state index >= 15 is 0 Å². The molecule has 5 nitrogen and oxygen atoms in total. The van der Waals surface area contributed by atoms with Crippen LogP contribution in [0.2, 0.25) is 0 Å². The number of fused-ring (bicyclic) bond motifs is 1. The Balaban J connectivity index is 1.33. The molecule has 118 valence electrons. The molecule has 5 heteroatoms. The summed E-state index contributed by atoms with van der Waals surface area (Å²) in [4.78, 5) is 17.1. The maximum atomic E-state index is 12.5. The minimum atomic E-state index is -0.203. The largest absolute Gasteiger partial charge is 0.378 e. The second-order valence-corrected chi connectivity index (χ2v) is 6.97. The first-order chi connectivity index (χ1) is 10.3. The van der Waals surface area contributed by atoms with Crippen LogP contribution < -0.4 is 0 Å². The van der Waals surface area contributed by atoms with Crippen LogP contribution in [0.5, 0.6) is 0 Å². The third-order valence-electron chi connectivity index (χ3n) is 5.45. The maximum Gasteiger partial charge on any atom is 0.251 e. The normalized spacial score (nSPS) is 37.5. The van der Waals surface area contributed by atoms with E-state index in [0.29, 0.717) is 19.3 Å². The average Bonchev–Trinajstić information content (AvgIpc) is 3.27. The molecule has 3 saturated heterocycles. The Morgan fingerprint density at radius 1 is 1.00 bits per heavy atom. The van der Waals surface area contributed by atoms with Gasteiger partial charge in [0.2, 0.25) is 0 Å². The molecule has 4 fully saturated rings. The van der Waals surface area contributed by atoms with Crippen LogP contribution in [-0.2, 0) is 14.3 Å². The molecule has 0 N–H and O–H groups in total. The van der Waals surface area contributed by atoms with Crippen LogP contribution >= 0.6 is 0 Å². The molecule has 0 radical (unpaired) electrons. The van der Waals surface area contributed by atoms with E-state index in [4.69, 9.17) is 9.47 Å². The smallest absolute Gasteiger partial charge is 0.251 e. The first kappa shape index (κ1) is 14.0. The minimum Gasteiger partial charge on any atom is -0.378 e. The molecular formula is C16H26N2O3. The van der Waals surface area contributed by atoms with Gasteiger partial charge in [0.05, 0.1) is 19.3 Å². The molecule has 3 heterocycles. The molecule has 0 aromatic heterocycles. The van der Waals surface area contributed by atoms with E-state index in [0.717, 1.165) is 44.8 Å². The Bertz CT molecular complexity index is 393. The van der Waals surface area contributed by atoms with Crippen molar-refractivity contribution in [3.8, 4) is 0 Å². The van der Waals surface area contributed by atoms with Crippen molar-refractivity contribution >= 4 is 5.91 Å². The average molecular weight is 294 g/mol. The SMILES string of the molecule is O=C([C@@H]1CC[C@H]2[C@H](CCN2CC2CC2)O1)N1CCOCC1. The van der Waals surface area contributed by atoms with Gasteiger partial charge in [0, 0.05) is 32.2 Å². The standard InChI is InChI=1S/C16H26N2O3/c19-16(17-7-9-20-10-8-17)15-4-3-13-14(21-15)5-6-18(13)11-12-1-2-12/h12-15H,1-11H2/t13-,14-,15-/m0/s1. The van der Waals surface area contributed by atoms with Gasteiger partial charge in [0.1, 0.15) is 6.10 Å². The van der Waals surface area contributed by atoms with E-state index in [9.17, 15) is 4.79 Å². The van der Waals surface area contributed by atoms with E-state index in [1.807, 2.05) is 4.90 Å². The number of nitrogens with zero attached hydrogens (tertiary/aromatic N) is 2. The van der Waals surface area contributed by atoms with Gasteiger partial charge in [-0.1, -0.05) is 0 Å². The fraction of sp³-hybridized carbons (Fsp3) is 0.938. The Kier molecular flexibility index (Phi) is 3.90. The van der Waals surface area contributed by atoms with Crippen molar-refractivity contribution in [1.29, 1.82) is 0 Å². The highest BCUT2D eigenvalue weighted by Crippen LogP contribution is 2.36. The van der Waals surface area contributed by atoms with Crippen molar-refractivity contribution in [1.82, 2.24) is 9.80 Å². The first-order valence-electron chi connectivity index (χ1n) is 8.57. The topological polar surface area (TPSA) is 42.0 Å². The van der Waals surface area contributed by atoms with Crippen molar-refractivity contribution < 1.29 is 14.3 Å². The Labute approximate surface area is 126 Å². The highest BCUT2D eigenvalue weighted by atomic mass is 16.5. The Hall–Kier alpha value is -0.650. The molecule has 4 rings (SSSR count). The van der Waals surface area contributed by atoms with E-state index in [1.165, 1.54) is 19.4 Å². The molecule has 1 amide bonds. The molecule has 3 atom stereocenters. The summed E-state index contributed by atoms with van der Waals surface area (Å²) in [6.45, 7) is 5.19. The lowest BCUT2D eigenvalue weighted by Crippen LogP contribution is -2.51. The molecule has 1 saturated carbocycles. The fourth-order valence-corrected chi connectivity index (χ4v) is 4.04. The number of likely N-dealkylation sites (tertiary alicyclic amines) is 1. The van der Waals surface area contributed by atoms with Crippen LogP contribution in [0.15, 0.2) is 0 Å². The number of amides is 1. The van der Waals surface area contributed by atoms with E-state index < -0.39 is 0 Å². The highest BCUT2D eigenvalue weighted by molar-refractivity contribution is 5.81. The number of morpholine rings is 1. The first-order valence-corrected chi connectivity index (χ1v) is 8.57. The number of carbonyl (C=O) groups is 1. The van der Waals surface area contributed by atoms with Crippen LogP contribution in [0.4, 0.5) is 0 Å². The Morgan fingerprint density at radius 3 is 2.57 bits per heavy atom. The van der Waals surface area contributed by atoms with Crippen molar-refractivity contribution in [2.24, 2.45) is 5.92 Å². The van der Waals surface area contributed by atoms with Crippen LogP contribution in [0, 0.1) is 5.92 Å². The summed E-state index contributed by atoms with van der Waals surface area (Å²) < 4.78 is 11.5. The third kappa shape index (κ3) is 2.96. The number of hydrogen-bond donors (Lipinski definition) is 0. The molecule has 0 spiro atoms. The van der Waals surface area contributed by atoms with Crippen LogP contribution in [-0.4, -0.2) is 73.3 Å². The molecule has 4 aliphatic rings. The lowest BCUT2D eigenvalue weighted by molar-refractivity contribution is -0.158. The van der Waals surface area contributed by atoms with Crippen molar-refractivity contribution in [3.05, 3.63) is 0 Å². The minimum absolute atomic E-state index is 0.192. The summed E-state index contributed by atoms with van der Waals surface area (Å²) in [6, 6.07) is 0.569. The van der Waals surface area contributed by atoms with Crippen LogP contribution in [0.1, 0.15) is 32.1 Å². The van der Waals surface area contributed by atoms with Gasteiger partial charge in [-0.2, -0.15) is 0 Å². The van der Waals surface area contributed by atoms with Gasteiger partial charge in [-0.05, 0) is 38.0 Å². The van der Waals surface area contributed by atoms with Crippen LogP contribution in [0.25, 0.3) is 0 Å². The van der Waals surface area contributed by atoms with Crippen molar-refractivity contribution in [3.63, 3.8) is 0 Å². The summed E-state index contributed by atoms with van der Waals surface area (Å²) in [6.07, 6.45) is 6.01. The van der Waals surface area contributed by atoms with Gasteiger partial charge in [0.25, 0.3) is 5.91 Å². The van der Waals surface area contributed by atoms with E-state index in [1.54, 1.807) is 0 Å². The number of ether oxygens (including phenoxy) is 2. The van der Waals surface area contributed by atoms with Gasteiger partial charge in [-0.15, -0.1) is 0 Å². The maximum absolute atomic E-state index is 12.5. The molecule has 0 aromatic carbocycles. The highest BCUT2D eigenvalue weighted by Gasteiger charge is 2.43. The lowest BCUT2D eigenvalue weighted by atomic mass is 9.98. The lowest BCUT2D eigenvalue weighted by Gasteiger charge is -2.38. The molecule has 0 unspecified atom stereocenters. The van der Waals surface area contributed by atoms with Crippen molar-refractivity contribution in [2.45, 2.75) is 50.4 Å². The Morgan fingerprint density at radius 2 is 1.81 bits per heavy atom. The van der Waals surface area contributed by atoms with Gasteiger partial charge < -0.3 is 14.4 Å². The van der Waals surface area contributed by atoms with Crippen molar-refractivity contribution in [2.75, 3.05) is 39.4 Å². The summed E-state index contributed by atoms with van der Waals surface area (Å²) in [5.74, 6) is 1.13.